The van der Waals surface area contributed by atoms with Gasteiger partial charge in [-0.3, -0.25) is 9.78 Å². The molecule has 2 fully saturated rings. The van der Waals surface area contributed by atoms with Crippen molar-refractivity contribution in [2.75, 3.05) is 33.2 Å². The summed E-state index contributed by atoms with van der Waals surface area (Å²) in [5.74, 6) is 1.77. The molecule has 0 spiro atoms. The number of pyridine rings is 1. The smallest absolute Gasteiger partial charge is 0.253 e. The van der Waals surface area contributed by atoms with Gasteiger partial charge in [0.2, 0.25) is 0 Å². The molecule has 1 aromatic carbocycles. The van der Waals surface area contributed by atoms with E-state index in [0.717, 1.165) is 59.6 Å². The molecule has 2 atom stereocenters. The Kier molecular flexibility index (Phi) is 4.66. The predicted molar refractivity (Wildman–Crippen MR) is 121 cm³/mol. The van der Waals surface area contributed by atoms with Crippen LogP contribution >= 0.6 is 0 Å². The molecule has 5 heteroatoms. The summed E-state index contributed by atoms with van der Waals surface area (Å²) in [6.45, 7) is 10.4. The van der Waals surface area contributed by atoms with Crippen LogP contribution in [0.25, 0.3) is 22.2 Å². The van der Waals surface area contributed by atoms with Gasteiger partial charge in [-0.25, -0.2) is 0 Å². The van der Waals surface area contributed by atoms with Gasteiger partial charge in [0.15, 0.2) is 0 Å². The minimum atomic E-state index is 0.172. The van der Waals surface area contributed by atoms with E-state index in [1.807, 2.05) is 19.2 Å². The van der Waals surface area contributed by atoms with Gasteiger partial charge in [-0.2, -0.15) is 0 Å². The van der Waals surface area contributed by atoms with Crippen molar-refractivity contribution in [3.05, 3.63) is 53.3 Å². The number of nitrogens with zero attached hydrogens (tertiary/aromatic N) is 3. The summed E-state index contributed by atoms with van der Waals surface area (Å²) < 4.78 is 0. The lowest BCUT2D eigenvalue weighted by Gasteiger charge is -2.19. The Morgan fingerprint density at radius 3 is 2.50 bits per heavy atom. The third-order valence-electron chi connectivity index (χ3n) is 6.80. The van der Waals surface area contributed by atoms with E-state index in [-0.39, 0.29) is 5.91 Å². The summed E-state index contributed by atoms with van der Waals surface area (Å²) in [6, 6.07) is 10.3. The van der Waals surface area contributed by atoms with Crippen molar-refractivity contribution in [2.24, 2.45) is 11.8 Å². The number of aromatic nitrogens is 2. The Morgan fingerprint density at radius 1 is 1.10 bits per heavy atom. The number of H-pyrrole nitrogens is 1. The summed E-state index contributed by atoms with van der Waals surface area (Å²) in [7, 11) is 2.18. The Bertz CT molecular complexity index is 1100. The van der Waals surface area contributed by atoms with Gasteiger partial charge in [-0.05, 0) is 67.6 Å². The standard InChI is InChI=1S/C25H30N4O/c1-15(2)23-21-10-18(25(30)29-13-19-11-28(4)12-20(19)14-29)5-6-22(21)27-24(23)17-7-8-26-16(3)9-17/h5-10,15,19-20,27H,11-14H2,1-4H3. The molecule has 0 bridgehead atoms. The Labute approximate surface area is 178 Å². The number of rotatable bonds is 3. The zero-order chi connectivity index (χ0) is 21.0. The summed E-state index contributed by atoms with van der Waals surface area (Å²) in [5.41, 5.74) is 6.43. The number of hydrogen-bond donors (Lipinski definition) is 1. The lowest BCUT2D eigenvalue weighted by molar-refractivity contribution is 0.0776. The van der Waals surface area contributed by atoms with E-state index in [9.17, 15) is 4.79 Å². The van der Waals surface area contributed by atoms with Crippen LogP contribution < -0.4 is 0 Å². The molecular weight excluding hydrogens is 372 g/mol. The highest BCUT2D eigenvalue weighted by atomic mass is 16.2. The minimum Gasteiger partial charge on any atom is -0.354 e. The third-order valence-corrected chi connectivity index (χ3v) is 6.80. The zero-order valence-corrected chi connectivity index (χ0v) is 18.3. The van der Waals surface area contributed by atoms with Crippen LogP contribution in [0.1, 0.15) is 41.4 Å². The highest BCUT2D eigenvalue weighted by molar-refractivity contribution is 6.00. The van der Waals surface area contributed by atoms with E-state index in [4.69, 9.17) is 0 Å². The second kappa shape index (κ2) is 7.24. The van der Waals surface area contributed by atoms with E-state index < -0.39 is 0 Å². The van der Waals surface area contributed by atoms with Crippen LogP contribution in [0.3, 0.4) is 0 Å². The maximum absolute atomic E-state index is 13.3. The third kappa shape index (κ3) is 3.21. The van der Waals surface area contributed by atoms with Crippen LogP contribution in [0.4, 0.5) is 0 Å². The van der Waals surface area contributed by atoms with Gasteiger partial charge in [0, 0.05) is 60.1 Å². The second-order valence-electron chi connectivity index (χ2n) is 9.47. The maximum Gasteiger partial charge on any atom is 0.253 e. The van der Waals surface area contributed by atoms with Gasteiger partial charge in [-0.15, -0.1) is 0 Å². The number of fused-ring (bicyclic) bond motifs is 2. The molecule has 2 aromatic heterocycles. The molecule has 5 nitrogen and oxygen atoms in total. The first kappa shape index (κ1) is 19.3. The molecule has 2 unspecified atom stereocenters. The Balaban J connectivity index is 1.51. The monoisotopic (exact) mass is 402 g/mol. The molecule has 30 heavy (non-hydrogen) atoms. The summed E-state index contributed by atoms with van der Waals surface area (Å²) >= 11 is 0. The van der Waals surface area contributed by atoms with Crippen LogP contribution in [0.2, 0.25) is 0 Å². The maximum atomic E-state index is 13.3. The number of hydrogen-bond acceptors (Lipinski definition) is 3. The average Bonchev–Trinajstić information content (AvgIpc) is 3.37. The first-order chi connectivity index (χ1) is 14.4. The number of aryl methyl sites for hydroxylation is 1. The van der Waals surface area contributed by atoms with Crippen LogP contribution in [0.5, 0.6) is 0 Å². The lowest BCUT2D eigenvalue weighted by Crippen LogP contribution is -2.32. The number of likely N-dealkylation sites (tertiary alicyclic amines) is 2. The Morgan fingerprint density at radius 2 is 1.83 bits per heavy atom. The predicted octanol–water partition coefficient (Wildman–Crippen LogP) is 4.30. The van der Waals surface area contributed by atoms with Crippen LogP contribution in [0.15, 0.2) is 36.5 Å². The fourth-order valence-corrected chi connectivity index (χ4v) is 5.45. The van der Waals surface area contributed by atoms with Crippen molar-refractivity contribution in [3.8, 4) is 11.3 Å². The SMILES string of the molecule is Cc1cc(-c2[nH]c3ccc(C(=O)N4CC5CN(C)CC5C4)cc3c2C(C)C)ccn1. The topological polar surface area (TPSA) is 52.2 Å². The molecule has 3 aromatic rings. The average molecular weight is 403 g/mol. The number of amides is 1. The molecule has 156 valence electrons. The fraction of sp³-hybridized carbons (Fsp3) is 0.440. The summed E-state index contributed by atoms with van der Waals surface area (Å²) in [5, 5.41) is 1.15. The molecular formula is C25H30N4O. The molecule has 0 aliphatic carbocycles. The van der Waals surface area contributed by atoms with Gasteiger partial charge in [0.05, 0.1) is 5.69 Å². The highest BCUT2D eigenvalue weighted by Crippen LogP contribution is 2.37. The first-order valence-corrected chi connectivity index (χ1v) is 11.0. The molecule has 1 amide bonds. The van der Waals surface area contributed by atoms with E-state index in [2.05, 4.69) is 64.9 Å². The van der Waals surface area contributed by atoms with Crippen molar-refractivity contribution in [1.82, 2.24) is 19.8 Å². The van der Waals surface area contributed by atoms with E-state index >= 15 is 0 Å². The molecule has 0 radical (unpaired) electrons. The van der Waals surface area contributed by atoms with Gasteiger partial charge >= 0.3 is 0 Å². The molecule has 1 N–H and O–H groups in total. The lowest BCUT2D eigenvalue weighted by atomic mass is 9.95. The normalized spacial score (nSPS) is 21.7. The van der Waals surface area contributed by atoms with Crippen molar-refractivity contribution < 1.29 is 4.79 Å². The van der Waals surface area contributed by atoms with Crippen molar-refractivity contribution in [3.63, 3.8) is 0 Å². The first-order valence-electron chi connectivity index (χ1n) is 11.0. The Hall–Kier alpha value is -2.66. The van der Waals surface area contributed by atoms with Crippen molar-refractivity contribution in [2.45, 2.75) is 26.7 Å². The quantitative estimate of drug-likeness (QED) is 0.711. The fourth-order valence-electron chi connectivity index (χ4n) is 5.45. The van der Waals surface area contributed by atoms with E-state index in [1.165, 1.54) is 5.56 Å². The highest BCUT2D eigenvalue weighted by Gasteiger charge is 2.40. The van der Waals surface area contributed by atoms with Gasteiger partial charge in [0.1, 0.15) is 0 Å². The molecule has 2 saturated heterocycles. The summed E-state index contributed by atoms with van der Waals surface area (Å²) in [4.78, 5) is 25.7. The molecule has 5 rings (SSSR count). The number of aromatic amines is 1. The number of nitrogens with one attached hydrogen (secondary N) is 1. The molecule has 2 aliphatic rings. The molecule has 0 saturated carbocycles. The number of carbonyl (C=O) groups is 1. The van der Waals surface area contributed by atoms with Crippen LogP contribution in [0, 0.1) is 18.8 Å². The van der Waals surface area contributed by atoms with Crippen LogP contribution in [-0.4, -0.2) is 58.9 Å². The molecule has 4 heterocycles. The van der Waals surface area contributed by atoms with E-state index in [1.54, 1.807) is 0 Å². The molecule has 2 aliphatic heterocycles. The van der Waals surface area contributed by atoms with E-state index in [0.29, 0.717) is 17.8 Å². The van der Waals surface area contributed by atoms with Gasteiger partial charge < -0.3 is 14.8 Å². The largest absolute Gasteiger partial charge is 0.354 e. The summed E-state index contributed by atoms with van der Waals surface area (Å²) in [6.07, 6.45) is 1.86. The van der Waals surface area contributed by atoms with Gasteiger partial charge in [-0.1, -0.05) is 13.8 Å². The van der Waals surface area contributed by atoms with Crippen molar-refractivity contribution >= 4 is 16.8 Å². The van der Waals surface area contributed by atoms with Crippen molar-refractivity contribution in [1.29, 1.82) is 0 Å². The second-order valence-corrected chi connectivity index (χ2v) is 9.47. The zero-order valence-electron chi connectivity index (χ0n) is 18.3. The van der Waals surface area contributed by atoms with Crippen LogP contribution in [-0.2, 0) is 0 Å². The van der Waals surface area contributed by atoms with Gasteiger partial charge in [0.25, 0.3) is 5.91 Å². The number of benzene rings is 1. The minimum absolute atomic E-state index is 0.172. The number of carbonyl (C=O) groups excluding carboxylic acids is 1.